The van der Waals surface area contributed by atoms with E-state index >= 15 is 0 Å². The molecule has 9 nitrogen and oxygen atoms in total. The predicted octanol–water partition coefficient (Wildman–Crippen LogP) is 3.30. The molecule has 0 aliphatic carbocycles. The smallest absolute Gasteiger partial charge is 0.243 e. The molecule has 1 aliphatic heterocycles. The molecule has 10 heteroatoms. The Balaban J connectivity index is 1.48. The van der Waals surface area contributed by atoms with Crippen molar-refractivity contribution in [2.45, 2.75) is 18.7 Å². The summed E-state index contributed by atoms with van der Waals surface area (Å²) in [5.41, 5.74) is 3.24. The number of hydrogen-bond donors (Lipinski definition) is 0. The highest BCUT2D eigenvalue weighted by molar-refractivity contribution is 7.89. The molecule has 2 aromatic carbocycles. The van der Waals surface area contributed by atoms with Gasteiger partial charge in [-0.15, -0.1) is 10.2 Å². The number of benzene rings is 2. The predicted molar refractivity (Wildman–Crippen MR) is 134 cm³/mol. The van der Waals surface area contributed by atoms with E-state index in [1.807, 2.05) is 55.1 Å². The molecular weight excluding hydrogens is 468 g/mol. The first kappa shape index (κ1) is 24.7. The second-order valence-corrected chi connectivity index (χ2v) is 10.3. The van der Waals surface area contributed by atoms with E-state index in [4.69, 9.17) is 14.2 Å². The van der Waals surface area contributed by atoms with Gasteiger partial charge in [-0.1, -0.05) is 17.7 Å². The number of piperazine rings is 1. The van der Waals surface area contributed by atoms with Crippen LogP contribution in [0.15, 0.2) is 47.4 Å². The maximum absolute atomic E-state index is 13.2. The van der Waals surface area contributed by atoms with Gasteiger partial charge in [0, 0.05) is 31.7 Å². The van der Waals surface area contributed by atoms with Crippen LogP contribution in [0.5, 0.6) is 17.2 Å². The van der Waals surface area contributed by atoms with E-state index in [0.717, 1.165) is 16.7 Å². The summed E-state index contributed by atoms with van der Waals surface area (Å²) < 4.78 is 44.1. The lowest BCUT2D eigenvalue weighted by Crippen LogP contribution is -2.49. The third-order valence-corrected chi connectivity index (χ3v) is 8.18. The lowest BCUT2D eigenvalue weighted by Gasteiger charge is -2.34. The highest BCUT2D eigenvalue weighted by Gasteiger charge is 2.30. The number of rotatable bonds is 7. The first-order chi connectivity index (χ1) is 16.8. The van der Waals surface area contributed by atoms with Gasteiger partial charge in [-0.3, -0.25) is 0 Å². The number of ether oxygens (including phenoxy) is 3. The Morgan fingerprint density at radius 1 is 0.800 bits per heavy atom. The molecule has 186 valence electrons. The highest BCUT2D eigenvalue weighted by atomic mass is 32.2. The average Bonchev–Trinajstić information content (AvgIpc) is 2.87. The molecule has 0 saturated carbocycles. The summed E-state index contributed by atoms with van der Waals surface area (Å²) in [5.74, 6) is 2.28. The van der Waals surface area contributed by atoms with Crippen LogP contribution in [-0.2, 0) is 10.0 Å². The lowest BCUT2D eigenvalue weighted by atomic mass is 10.1. The molecule has 4 rings (SSSR count). The number of methoxy groups -OCH3 is 3. The van der Waals surface area contributed by atoms with Crippen LogP contribution in [0, 0.1) is 13.8 Å². The summed E-state index contributed by atoms with van der Waals surface area (Å²) in [5, 5.41) is 8.79. The van der Waals surface area contributed by atoms with Gasteiger partial charge in [0.2, 0.25) is 15.8 Å². The molecule has 1 aromatic heterocycles. The van der Waals surface area contributed by atoms with Gasteiger partial charge < -0.3 is 19.1 Å². The van der Waals surface area contributed by atoms with Gasteiger partial charge in [0.25, 0.3) is 0 Å². The second kappa shape index (κ2) is 10.1. The molecule has 0 amide bonds. The summed E-state index contributed by atoms with van der Waals surface area (Å²) in [6, 6.07) is 12.8. The van der Waals surface area contributed by atoms with E-state index in [9.17, 15) is 8.42 Å². The Morgan fingerprint density at radius 2 is 1.46 bits per heavy atom. The summed E-state index contributed by atoms with van der Waals surface area (Å²) in [6.45, 7) is 5.61. The zero-order chi connectivity index (χ0) is 25.2. The number of aromatic nitrogens is 2. The lowest BCUT2D eigenvalue weighted by molar-refractivity contribution is 0.324. The Bertz CT molecular complexity index is 1280. The number of aryl methyl sites for hydroxylation is 2. The Kier molecular flexibility index (Phi) is 7.13. The molecule has 0 N–H and O–H groups in total. The zero-order valence-electron chi connectivity index (χ0n) is 20.6. The van der Waals surface area contributed by atoms with Gasteiger partial charge in [0.1, 0.15) is 0 Å². The monoisotopic (exact) mass is 498 g/mol. The molecule has 35 heavy (non-hydrogen) atoms. The molecule has 0 bridgehead atoms. The van der Waals surface area contributed by atoms with Crippen molar-refractivity contribution in [2.75, 3.05) is 52.4 Å². The first-order valence-corrected chi connectivity index (χ1v) is 12.7. The minimum atomic E-state index is -3.54. The third-order valence-electron chi connectivity index (χ3n) is 6.12. The minimum Gasteiger partial charge on any atom is -0.493 e. The van der Waals surface area contributed by atoms with Crippen LogP contribution in [0.25, 0.3) is 11.3 Å². The first-order valence-electron chi connectivity index (χ1n) is 11.2. The average molecular weight is 499 g/mol. The van der Waals surface area contributed by atoms with Crippen molar-refractivity contribution < 1.29 is 22.6 Å². The summed E-state index contributed by atoms with van der Waals surface area (Å²) in [6.07, 6.45) is 0. The molecular formula is C25H30N4O5S. The van der Waals surface area contributed by atoms with Crippen LogP contribution in [0.2, 0.25) is 0 Å². The van der Waals surface area contributed by atoms with Gasteiger partial charge in [-0.05, 0) is 49.7 Å². The minimum absolute atomic E-state index is 0.367. The quantitative estimate of drug-likeness (QED) is 0.490. The Morgan fingerprint density at radius 3 is 1.97 bits per heavy atom. The number of anilines is 1. The molecule has 2 heterocycles. The maximum atomic E-state index is 13.2. The van der Waals surface area contributed by atoms with Crippen LogP contribution >= 0.6 is 0 Å². The van der Waals surface area contributed by atoms with Gasteiger partial charge in [-0.25, -0.2) is 8.42 Å². The van der Waals surface area contributed by atoms with Crippen LogP contribution in [0.3, 0.4) is 0 Å². The van der Waals surface area contributed by atoms with Crippen LogP contribution < -0.4 is 19.1 Å². The van der Waals surface area contributed by atoms with E-state index in [-0.39, 0.29) is 0 Å². The third kappa shape index (κ3) is 4.89. The van der Waals surface area contributed by atoms with E-state index in [0.29, 0.717) is 59.8 Å². The second-order valence-electron chi connectivity index (χ2n) is 8.35. The molecule has 0 atom stereocenters. The normalized spacial score (nSPS) is 14.6. The van der Waals surface area contributed by atoms with E-state index in [2.05, 4.69) is 10.2 Å². The fourth-order valence-electron chi connectivity index (χ4n) is 4.26. The fraction of sp³-hybridized carbons (Fsp3) is 0.360. The molecule has 0 radical (unpaired) electrons. The maximum Gasteiger partial charge on any atom is 0.243 e. The standard InChI is InChI=1S/C25H30N4O5S/c1-17-6-8-23(18(2)14-17)35(30,31)29-12-10-28(11-13-29)24-9-7-20(26-27-24)19-15-21(32-3)25(34-5)22(16-19)33-4/h6-9,14-16H,10-13H2,1-5H3. The van der Waals surface area contributed by atoms with Gasteiger partial charge in [0.05, 0.1) is 31.9 Å². The van der Waals surface area contributed by atoms with Gasteiger partial charge in [0.15, 0.2) is 17.3 Å². The Labute approximate surface area is 206 Å². The van der Waals surface area contributed by atoms with Crippen molar-refractivity contribution in [3.8, 4) is 28.5 Å². The van der Waals surface area contributed by atoms with Crippen molar-refractivity contribution in [2.24, 2.45) is 0 Å². The van der Waals surface area contributed by atoms with Crippen molar-refractivity contribution >= 4 is 15.8 Å². The Hall–Kier alpha value is -3.37. The van der Waals surface area contributed by atoms with Crippen molar-refractivity contribution in [1.29, 1.82) is 0 Å². The fourth-order valence-corrected chi connectivity index (χ4v) is 5.89. The zero-order valence-corrected chi connectivity index (χ0v) is 21.4. The number of nitrogens with zero attached hydrogens (tertiary/aromatic N) is 4. The molecule has 1 aliphatic rings. The van der Waals surface area contributed by atoms with Crippen molar-refractivity contribution in [1.82, 2.24) is 14.5 Å². The summed E-state index contributed by atoms with van der Waals surface area (Å²) in [7, 11) is 1.15. The van der Waals surface area contributed by atoms with Crippen LogP contribution in [0.4, 0.5) is 5.82 Å². The van der Waals surface area contributed by atoms with E-state index < -0.39 is 10.0 Å². The topological polar surface area (TPSA) is 94.1 Å². The van der Waals surface area contributed by atoms with Crippen molar-refractivity contribution in [3.05, 3.63) is 53.6 Å². The largest absolute Gasteiger partial charge is 0.493 e. The summed E-state index contributed by atoms with van der Waals surface area (Å²) in [4.78, 5) is 2.41. The van der Waals surface area contributed by atoms with E-state index in [1.54, 1.807) is 31.7 Å². The summed E-state index contributed by atoms with van der Waals surface area (Å²) >= 11 is 0. The van der Waals surface area contributed by atoms with Crippen LogP contribution in [-0.4, -0.2) is 70.4 Å². The molecule has 1 saturated heterocycles. The molecule has 1 fully saturated rings. The SMILES string of the molecule is COc1cc(-c2ccc(N3CCN(S(=O)(=O)c4ccc(C)cc4C)CC3)nn2)cc(OC)c1OC. The molecule has 0 unspecified atom stereocenters. The number of hydrogen-bond acceptors (Lipinski definition) is 8. The van der Waals surface area contributed by atoms with Crippen molar-refractivity contribution in [3.63, 3.8) is 0 Å². The highest BCUT2D eigenvalue weighted by Crippen LogP contribution is 2.40. The van der Waals surface area contributed by atoms with Gasteiger partial charge in [-0.2, -0.15) is 4.31 Å². The van der Waals surface area contributed by atoms with E-state index in [1.165, 1.54) is 0 Å². The van der Waals surface area contributed by atoms with Gasteiger partial charge >= 0.3 is 0 Å². The molecule has 3 aromatic rings. The molecule has 0 spiro atoms. The van der Waals surface area contributed by atoms with Crippen LogP contribution in [0.1, 0.15) is 11.1 Å². The number of sulfonamides is 1.